The van der Waals surface area contributed by atoms with E-state index in [0.29, 0.717) is 17.1 Å². The molecule has 0 aliphatic rings. The van der Waals surface area contributed by atoms with Crippen molar-refractivity contribution in [3.63, 3.8) is 0 Å². The lowest BCUT2D eigenvalue weighted by Crippen LogP contribution is -2.30. The van der Waals surface area contributed by atoms with Crippen LogP contribution in [0, 0.1) is 13.8 Å². The molecule has 0 unspecified atom stereocenters. The normalized spacial score (nSPS) is 11.8. The largest absolute Gasteiger partial charge is 0.481 e. The third kappa shape index (κ3) is 3.75. The van der Waals surface area contributed by atoms with Crippen LogP contribution in [0.2, 0.25) is 0 Å². The average Bonchev–Trinajstić information content (AvgIpc) is 2.45. The van der Waals surface area contributed by atoms with E-state index < -0.39 is 6.10 Å². The summed E-state index contributed by atoms with van der Waals surface area (Å²) in [5, 5.41) is 2.85. The van der Waals surface area contributed by atoms with Gasteiger partial charge in [0.15, 0.2) is 6.10 Å². The minimum absolute atomic E-state index is 0.202. The number of para-hydroxylation sites is 1. The van der Waals surface area contributed by atoms with Crippen LogP contribution < -0.4 is 15.8 Å². The first-order valence-corrected chi connectivity index (χ1v) is 6.86. The first-order valence-electron chi connectivity index (χ1n) is 6.86. The Morgan fingerprint density at radius 2 is 1.86 bits per heavy atom. The Bertz CT molecular complexity index is 653. The molecule has 0 aromatic heterocycles. The fourth-order valence-corrected chi connectivity index (χ4v) is 1.94. The third-order valence-corrected chi connectivity index (χ3v) is 3.29. The van der Waals surface area contributed by atoms with Crippen LogP contribution in [0.15, 0.2) is 42.5 Å². The first kappa shape index (κ1) is 14.9. The maximum absolute atomic E-state index is 12.2. The minimum atomic E-state index is -0.591. The van der Waals surface area contributed by atoms with Gasteiger partial charge in [0.25, 0.3) is 5.91 Å². The van der Waals surface area contributed by atoms with Crippen molar-refractivity contribution < 1.29 is 9.53 Å². The second kappa shape index (κ2) is 6.31. The summed E-state index contributed by atoms with van der Waals surface area (Å²) in [4.78, 5) is 12.2. The van der Waals surface area contributed by atoms with Crippen molar-refractivity contribution in [2.75, 3.05) is 11.1 Å². The predicted octanol–water partition coefficient (Wildman–Crippen LogP) is 3.29. The maximum atomic E-state index is 12.2. The number of nitrogen functional groups attached to an aromatic ring is 1. The molecule has 0 saturated heterocycles. The van der Waals surface area contributed by atoms with Crippen molar-refractivity contribution in [2.45, 2.75) is 26.9 Å². The summed E-state index contributed by atoms with van der Waals surface area (Å²) in [6.45, 7) is 5.59. The zero-order chi connectivity index (χ0) is 15.4. The summed E-state index contributed by atoms with van der Waals surface area (Å²) in [6.07, 6.45) is -0.591. The Morgan fingerprint density at radius 3 is 2.57 bits per heavy atom. The summed E-state index contributed by atoms with van der Waals surface area (Å²) >= 11 is 0. The van der Waals surface area contributed by atoms with E-state index in [1.165, 1.54) is 0 Å². The molecule has 0 aliphatic carbocycles. The van der Waals surface area contributed by atoms with Crippen LogP contribution in [0.1, 0.15) is 18.1 Å². The Hall–Kier alpha value is -2.49. The van der Waals surface area contributed by atoms with Crippen LogP contribution in [0.5, 0.6) is 5.75 Å². The molecule has 4 heteroatoms. The molecule has 2 rings (SSSR count). The molecule has 0 aliphatic heterocycles. The highest BCUT2D eigenvalue weighted by molar-refractivity contribution is 5.95. The molecule has 2 aromatic rings. The number of amides is 1. The fraction of sp³-hybridized carbons (Fsp3) is 0.235. The number of rotatable bonds is 4. The second-order valence-electron chi connectivity index (χ2n) is 5.09. The van der Waals surface area contributed by atoms with E-state index in [1.807, 2.05) is 44.2 Å². The molecule has 0 saturated carbocycles. The molecule has 0 fully saturated rings. The van der Waals surface area contributed by atoms with Crippen molar-refractivity contribution in [3.05, 3.63) is 53.6 Å². The third-order valence-electron chi connectivity index (χ3n) is 3.29. The number of ether oxygens (including phenoxy) is 1. The number of hydrogen-bond donors (Lipinski definition) is 2. The number of benzene rings is 2. The van der Waals surface area contributed by atoms with Gasteiger partial charge in [0.2, 0.25) is 0 Å². The van der Waals surface area contributed by atoms with E-state index in [9.17, 15) is 4.79 Å². The molecule has 1 atom stereocenters. The minimum Gasteiger partial charge on any atom is -0.481 e. The molecule has 0 radical (unpaired) electrons. The molecule has 0 spiro atoms. The standard InChI is InChI=1S/C17H20N2O2/c1-11-8-9-14(18)10-15(11)19-17(20)13(3)21-16-7-5-4-6-12(16)2/h4-10,13H,18H2,1-3H3,(H,19,20)/t13-/m0/s1. The molecule has 21 heavy (non-hydrogen) atoms. The molecular formula is C17H20N2O2. The van der Waals surface area contributed by atoms with Crippen LogP contribution in [-0.2, 0) is 4.79 Å². The van der Waals surface area contributed by atoms with Gasteiger partial charge in [0.1, 0.15) is 5.75 Å². The van der Waals surface area contributed by atoms with Crippen molar-refractivity contribution in [1.82, 2.24) is 0 Å². The van der Waals surface area contributed by atoms with Crippen LogP contribution in [0.25, 0.3) is 0 Å². The molecule has 0 bridgehead atoms. The lowest BCUT2D eigenvalue weighted by Gasteiger charge is -2.17. The zero-order valence-corrected chi connectivity index (χ0v) is 12.5. The van der Waals surface area contributed by atoms with E-state index in [2.05, 4.69) is 5.32 Å². The summed E-state index contributed by atoms with van der Waals surface area (Å²) in [7, 11) is 0. The van der Waals surface area contributed by atoms with Gasteiger partial charge in [-0.05, 0) is 50.1 Å². The van der Waals surface area contributed by atoms with Gasteiger partial charge in [0.05, 0.1) is 0 Å². The number of carbonyl (C=O) groups is 1. The number of nitrogens with two attached hydrogens (primary N) is 1. The topological polar surface area (TPSA) is 64.3 Å². The van der Waals surface area contributed by atoms with Crippen LogP contribution in [0.4, 0.5) is 11.4 Å². The summed E-state index contributed by atoms with van der Waals surface area (Å²) in [5.41, 5.74) is 9.02. The lowest BCUT2D eigenvalue weighted by molar-refractivity contribution is -0.122. The Kier molecular flexibility index (Phi) is 4.48. The lowest BCUT2D eigenvalue weighted by atomic mass is 10.1. The van der Waals surface area contributed by atoms with Crippen molar-refractivity contribution in [3.8, 4) is 5.75 Å². The molecule has 110 valence electrons. The molecule has 3 N–H and O–H groups in total. The number of carbonyl (C=O) groups excluding carboxylic acids is 1. The van der Waals surface area contributed by atoms with Gasteiger partial charge in [-0.2, -0.15) is 0 Å². The van der Waals surface area contributed by atoms with Crippen LogP contribution in [0.3, 0.4) is 0 Å². The SMILES string of the molecule is Cc1ccc(N)cc1NC(=O)[C@H](C)Oc1ccccc1C. The molecule has 2 aromatic carbocycles. The number of anilines is 2. The summed E-state index contributed by atoms with van der Waals surface area (Å²) in [5.74, 6) is 0.511. The van der Waals surface area contributed by atoms with E-state index in [1.54, 1.807) is 19.1 Å². The first-order chi connectivity index (χ1) is 9.97. The van der Waals surface area contributed by atoms with E-state index >= 15 is 0 Å². The van der Waals surface area contributed by atoms with Crippen molar-refractivity contribution in [1.29, 1.82) is 0 Å². The van der Waals surface area contributed by atoms with Crippen molar-refractivity contribution >= 4 is 17.3 Å². The van der Waals surface area contributed by atoms with Gasteiger partial charge in [-0.15, -0.1) is 0 Å². The van der Waals surface area contributed by atoms with Crippen LogP contribution >= 0.6 is 0 Å². The smallest absolute Gasteiger partial charge is 0.265 e. The Morgan fingerprint density at radius 1 is 1.14 bits per heavy atom. The van der Waals surface area contributed by atoms with Gasteiger partial charge in [-0.3, -0.25) is 4.79 Å². The Labute approximate surface area is 124 Å². The zero-order valence-electron chi connectivity index (χ0n) is 12.5. The second-order valence-corrected chi connectivity index (χ2v) is 5.09. The van der Waals surface area contributed by atoms with Gasteiger partial charge in [-0.1, -0.05) is 24.3 Å². The number of hydrogen-bond acceptors (Lipinski definition) is 3. The highest BCUT2D eigenvalue weighted by Gasteiger charge is 2.16. The number of aryl methyl sites for hydroxylation is 2. The highest BCUT2D eigenvalue weighted by atomic mass is 16.5. The fourth-order valence-electron chi connectivity index (χ4n) is 1.94. The van der Waals surface area contributed by atoms with E-state index in [0.717, 1.165) is 11.1 Å². The van der Waals surface area contributed by atoms with Crippen molar-refractivity contribution in [2.24, 2.45) is 0 Å². The van der Waals surface area contributed by atoms with Crippen LogP contribution in [-0.4, -0.2) is 12.0 Å². The van der Waals surface area contributed by atoms with Gasteiger partial charge in [-0.25, -0.2) is 0 Å². The molecule has 0 heterocycles. The van der Waals surface area contributed by atoms with E-state index in [-0.39, 0.29) is 5.91 Å². The maximum Gasteiger partial charge on any atom is 0.265 e. The quantitative estimate of drug-likeness (QED) is 0.847. The average molecular weight is 284 g/mol. The monoisotopic (exact) mass is 284 g/mol. The molecule has 4 nitrogen and oxygen atoms in total. The van der Waals surface area contributed by atoms with Gasteiger partial charge in [0, 0.05) is 11.4 Å². The number of nitrogens with one attached hydrogen (secondary N) is 1. The van der Waals surface area contributed by atoms with Gasteiger partial charge >= 0.3 is 0 Å². The summed E-state index contributed by atoms with van der Waals surface area (Å²) in [6, 6.07) is 13.0. The summed E-state index contributed by atoms with van der Waals surface area (Å²) < 4.78 is 5.71. The molecular weight excluding hydrogens is 264 g/mol. The highest BCUT2D eigenvalue weighted by Crippen LogP contribution is 2.20. The molecule has 1 amide bonds. The predicted molar refractivity (Wildman–Crippen MR) is 85.5 cm³/mol. The Balaban J connectivity index is 2.06. The van der Waals surface area contributed by atoms with E-state index in [4.69, 9.17) is 10.5 Å². The van der Waals surface area contributed by atoms with Gasteiger partial charge < -0.3 is 15.8 Å².